The Kier molecular flexibility index (Phi) is 9.63. The van der Waals surface area contributed by atoms with E-state index < -0.39 is 0 Å². The van der Waals surface area contributed by atoms with Gasteiger partial charge in [-0.05, 0) is 105 Å². The van der Waals surface area contributed by atoms with Crippen LogP contribution < -0.4 is 9.30 Å². The molecule has 5 heteroatoms. The molecule has 0 amide bonds. The molecule has 304 valence electrons. The number of hydrogen-bond acceptors (Lipinski definition) is 2. The molecule has 0 saturated heterocycles. The zero-order valence-corrected chi connectivity index (χ0v) is 36.2. The zero-order valence-electron chi connectivity index (χ0n) is 36.2. The maximum absolute atomic E-state index is 6.79. The predicted molar refractivity (Wildman–Crippen MR) is 255 cm³/mol. The van der Waals surface area contributed by atoms with E-state index in [1.165, 1.54) is 21.9 Å². The summed E-state index contributed by atoms with van der Waals surface area (Å²) in [5.74, 6) is 2.39. The van der Waals surface area contributed by atoms with Crippen LogP contribution in [0, 0.1) is 11.7 Å². The lowest BCUT2D eigenvalue weighted by molar-refractivity contribution is -0.571. The lowest BCUT2D eigenvalue weighted by Gasteiger charge is -2.19. The molecule has 0 unspecified atom stereocenters. The summed E-state index contributed by atoms with van der Waals surface area (Å²) in [7, 11) is 0. The van der Waals surface area contributed by atoms with Gasteiger partial charge in [-0.25, -0.2) is 4.98 Å². The Balaban J connectivity index is 1.08. The van der Waals surface area contributed by atoms with Crippen molar-refractivity contribution in [1.82, 2.24) is 14.1 Å². The fraction of sp³-hybridized carbons (Fsp3) is 0.158. The van der Waals surface area contributed by atoms with E-state index in [1.807, 2.05) is 12.3 Å². The smallest absolute Gasteiger partial charge is 0.269 e. The number of nitrogens with zero attached hydrogens (tertiary/aromatic N) is 4. The fourth-order valence-electron chi connectivity index (χ4n) is 8.81. The van der Waals surface area contributed by atoms with Gasteiger partial charge in [0.05, 0.1) is 33.4 Å². The van der Waals surface area contributed by atoms with Gasteiger partial charge in [-0.15, -0.1) is 0 Å². The van der Waals surface area contributed by atoms with Crippen LogP contribution in [0.3, 0.4) is 0 Å². The maximum atomic E-state index is 6.79. The molecule has 62 heavy (non-hydrogen) atoms. The first-order valence-electron chi connectivity index (χ1n) is 21.5. The molecule has 3 heterocycles. The van der Waals surface area contributed by atoms with Crippen molar-refractivity contribution < 1.29 is 9.30 Å². The number of imidazole rings is 1. The van der Waals surface area contributed by atoms with Crippen molar-refractivity contribution >= 4 is 32.8 Å². The normalized spacial score (nSPS) is 12.1. The minimum atomic E-state index is 0.0127. The Morgan fingerprint density at radius 3 is 1.95 bits per heavy atom. The molecule has 5 nitrogen and oxygen atoms in total. The van der Waals surface area contributed by atoms with E-state index in [1.54, 1.807) is 0 Å². The van der Waals surface area contributed by atoms with Crippen LogP contribution in [0.25, 0.3) is 72.3 Å². The van der Waals surface area contributed by atoms with Crippen molar-refractivity contribution in [3.05, 3.63) is 200 Å². The minimum absolute atomic E-state index is 0.0127. The van der Waals surface area contributed by atoms with Crippen molar-refractivity contribution in [2.24, 2.45) is 5.41 Å². The molecule has 0 spiro atoms. The zero-order chi connectivity index (χ0) is 42.6. The number of rotatable bonds is 8. The number of fused-ring (bicyclic) bond motifs is 4. The molecule has 0 fully saturated rings. The molecule has 7 aromatic carbocycles. The number of aromatic nitrogens is 4. The third-order valence-electron chi connectivity index (χ3n) is 11.7. The molecule has 0 atom stereocenters. The monoisotopic (exact) mass is 806 g/mol. The second-order valence-electron chi connectivity index (χ2n) is 18.5. The van der Waals surface area contributed by atoms with E-state index in [2.05, 4.69) is 231 Å². The molecule has 0 aliphatic heterocycles. The molecule has 0 aliphatic rings. The van der Waals surface area contributed by atoms with Crippen LogP contribution in [0.4, 0.5) is 0 Å². The van der Waals surface area contributed by atoms with Crippen LogP contribution in [0.15, 0.2) is 182 Å². The molecule has 10 aromatic rings. The molecule has 0 aliphatic carbocycles. The quantitative estimate of drug-likeness (QED) is 0.113. The molecule has 10 rings (SSSR count). The van der Waals surface area contributed by atoms with E-state index in [9.17, 15) is 0 Å². The molecular weight excluding hydrogens is 757 g/mol. The summed E-state index contributed by atoms with van der Waals surface area (Å²) in [6, 6.07) is 62.3. The average molecular weight is 807 g/mol. The van der Waals surface area contributed by atoms with E-state index in [0.29, 0.717) is 0 Å². The number of benzene rings is 7. The summed E-state index contributed by atoms with van der Waals surface area (Å²) < 4.78 is 13.4. The fourth-order valence-corrected chi connectivity index (χ4v) is 8.81. The number of hydrogen-bond donors (Lipinski definition) is 0. The van der Waals surface area contributed by atoms with Gasteiger partial charge in [0.2, 0.25) is 0 Å². The highest BCUT2D eigenvalue weighted by Crippen LogP contribution is 2.39. The van der Waals surface area contributed by atoms with Gasteiger partial charge in [-0.1, -0.05) is 157 Å². The molecule has 0 saturated carbocycles. The number of ether oxygens (including phenoxy) is 1. The Hall–Kier alpha value is -7.24. The van der Waals surface area contributed by atoms with Crippen molar-refractivity contribution in [2.75, 3.05) is 0 Å². The van der Waals surface area contributed by atoms with Crippen LogP contribution in [0.5, 0.6) is 11.5 Å². The molecule has 3 aromatic heterocycles. The van der Waals surface area contributed by atoms with Gasteiger partial charge in [0, 0.05) is 23.0 Å². The highest BCUT2D eigenvalue weighted by atomic mass is 16.5. The predicted octanol–water partition coefficient (Wildman–Crippen LogP) is 14.2. The van der Waals surface area contributed by atoms with Crippen LogP contribution in [-0.4, -0.2) is 14.1 Å². The first kappa shape index (κ1) is 38.9. The number of pyridine rings is 1. The molecule has 0 bridgehead atoms. The third-order valence-corrected chi connectivity index (χ3v) is 11.7. The first-order valence-corrected chi connectivity index (χ1v) is 21.5. The summed E-state index contributed by atoms with van der Waals surface area (Å²) >= 11 is 0. The average Bonchev–Trinajstić information content (AvgIpc) is 3.82. The van der Waals surface area contributed by atoms with Crippen LogP contribution >= 0.6 is 0 Å². The van der Waals surface area contributed by atoms with Crippen molar-refractivity contribution in [3.8, 4) is 50.9 Å². The van der Waals surface area contributed by atoms with Crippen LogP contribution in [-0.2, 0) is 11.8 Å². The van der Waals surface area contributed by atoms with E-state index in [0.717, 1.165) is 79.4 Å². The van der Waals surface area contributed by atoms with Crippen molar-refractivity contribution in [3.63, 3.8) is 0 Å². The minimum Gasteiger partial charge on any atom is -0.458 e. The summed E-state index contributed by atoms with van der Waals surface area (Å²) in [5, 5.41) is 2.37. The van der Waals surface area contributed by atoms with E-state index in [4.69, 9.17) is 9.72 Å². The Labute approximate surface area is 364 Å². The van der Waals surface area contributed by atoms with Crippen LogP contribution in [0.1, 0.15) is 52.7 Å². The third kappa shape index (κ3) is 7.34. The van der Waals surface area contributed by atoms with Crippen LogP contribution in [0.2, 0.25) is 0 Å². The second kappa shape index (κ2) is 15.3. The topological polar surface area (TPSA) is 35.9 Å². The lowest BCUT2D eigenvalue weighted by atomic mass is 9.86. The van der Waals surface area contributed by atoms with Gasteiger partial charge in [0.1, 0.15) is 17.3 Å². The lowest BCUT2D eigenvalue weighted by Crippen LogP contribution is -2.31. The molecular formula is C57H50N4O. The maximum Gasteiger partial charge on any atom is 0.269 e. The summed E-state index contributed by atoms with van der Waals surface area (Å²) in [6.07, 6.45) is 6.70. The second-order valence-corrected chi connectivity index (χ2v) is 18.5. The Bertz CT molecular complexity index is 3190. The summed E-state index contributed by atoms with van der Waals surface area (Å²) in [6.45, 7) is 13.6. The highest BCUT2D eigenvalue weighted by molar-refractivity contribution is 6.09. The van der Waals surface area contributed by atoms with Gasteiger partial charge < -0.3 is 4.74 Å². The van der Waals surface area contributed by atoms with Gasteiger partial charge in [0.25, 0.3) is 6.33 Å². The summed E-state index contributed by atoms with van der Waals surface area (Å²) in [5.41, 5.74) is 13.6. The van der Waals surface area contributed by atoms with E-state index in [-0.39, 0.29) is 10.8 Å². The van der Waals surface area contributed by atoms with E-state index >= 15 is 0 Å². The van der Waals surface area contributed by atoms with Gasteiger partial charge in [-0.2, -0.15) is 0 Å². The Morgan fingerprint density at radius 1 is 0.565 bits per heavy atom. The Morgan fingerprint density at radius 2 is 1.24 bits per heavy atom. The van der Waals surface area contributed by atoms with Gasteiger partial charge in [0.15, 0.2) is 0 Å². The molecule has 0 N–H and O–H groups in total. The highest BCUT2D eigenvalue weighted by Gasteiger charge is 2.22. The first-order chi connectivity index (χ1) is 30.0. The van der Waals surface area contributed by atoms with Crippen molar-refractivity contribution in [1.29, 1.82) is 0 Å². The standard InChI is InChI=1S/C57H50N4O/c1-56(2,3)37-39-31-32-58-54(33-39)61-50-30-27-42(57(4,5)6)34-49(50)48-29-28-45(36-53(48)61)62-44-22-15-21-43(35-44)59-38-60(52-26-14-13-25-51(52)59)55-46(40-17-9-7-10-18-40)23-16-24-47(55)41-19-11-8-12-20-41/h7-36H,37H2,1-6H3. The van der Waals surface area contributed by atoms with Crippen molar-refractivity contribution in [2.45, 2.75) is 53.4 Å². The number of para-hydroxylation sites is 3. The SMILES string of the molecule is CC(C)(C)Cc1ccnc(-n2c3ccc(C(C)(C)C)cc3c3ccc(Oc4cccc(-n5[c-][n+](-c6c(-c7ccccc7)cccc6-c6ccccc6)c6ccccc65)c4)cc32)c1. The molecule has 0 radical (unpaired) electrons. The van der Waals surface area contributed by atoms with Gasteiger partial charge >= 0.3 is 0 Å². The largest absolute Gasteiger partial charge is 0.458 e. The summed E-state index contributed by atoms with van der Waals surface area (Å²) in [4.78, 5) is 4.95. The van der Waals surface area contributed by atoms with Gasteiger partial charge in [-0.3, -0.25) is 13.7 Å².